The first-order valence-corrected chi connectivity index (χ1v) is 4.28. The number of likely N-dealkylation sites (tertiary alicyclic amines) is 1. The molecule has 1 aromatic rings. The molecule has 1 fully saturated rings. The lowest BCUT2D eigenvalue weighted by atomic mass is 10.1. The Kier molecular flexibility index (Phi) is 1.88. The summed E-state index contributed by atoms with van der Waals surface area (Å²) < 4.78 is 0. The molecule has 0 saturated carbocycles. The van der Waals surface area contributed by atoms with Gasteiger partial charge in [0.2, 0.25) is 0 Å². The van der Waals surface area contributed by atoms with Crippen molar-refractivity contribution < 1.29 is 4.79 Å². The van der Waals surface area contributed by atoms with Gasteiger partial charge in [-0.05, 0) is 18.6 Å². The Bertz CT molecular complexity index is 333. The van der Waals surface area contributed by atoms with Crippen molar-refractivity contribution in [3.63, 3.8) is 0 Å². The Balaban J connectivity index is 2.19. The zero-order valence-electron chi connectivity index (χ0n) is 7.23. The zero-order valence-corrected chi connectivity index (χ0v) is 7.23. The minimum absolute atomic E-state index is 0.0559. The van der Waals surface area contributed by atoms with Crippen LogP contribution in [0.4, 0.5) is 5.82 Å². The van der Waals surface area contributed by atoms with Gasteiger partial charge in [0, 0.05) is 24.8 Å². The van der Waals surface area contributed by atoms with Crippen LogP contribution < -0.4 is 5.73 Å². The highest BCUT2D eigenvalue weighted by molar-refractivity contribution is 5.95. The van der Waals surface area contributed by atoms with Crippen LogP contribution in [0.15, 0.2) is 18.3 Å². The topological polar surface area (TPSA) is 59.2 Å². The average molecular weight is 177 g/mol. The van der Waals surface area contributed by atoms with Crippen LogP contribution in [-0.2, 0) is 0 Å². The number of aromatic nitrogens is 1. The summed E-state index contributed by atoms with van der Waals surface area (Å²) in [7, 11) is 0. The maximum Gasteiger partial charge on any atom is 0.254 e. The van der Waals surface area contributed by atoms with E-state index in [2.05, 4.69) is 4.98 Å². The van der Waals surface area contributed by atoms with Crippen molar-refractivity contribution in [3.8, 4) is 0 Å². The number of nitrogens with zero attached hydrogens (tertiary/aromatic N) is 2. The molecule has 0 bridgehead atoms. The van der Waals surface area contributed by atoms with Gasteiger partial charge in [-0.25, -0.2) is 4.98 Å². The van der Waals surface area contributed by atoms with Crippen LogP contribution in [0.2, 0.25) is 0 Å². The summed E-state index contributed by atoms with van der Waals surface area (Å²) in [5.41, 5.74) is 6.11. The fourth-order valence-corrected chi connectivity index (χ4v) is 1.28. The normalized spacial score (nSPS) is 15.2. The van der Waals surface area contributed by atoms with E-state index >= 15 is 0 Å². The number of nitrogen functional groups attached to an aromatic ring is 1. The molecule has 0 aromatic carbocycles. The largest absolute Gasteiger partial charge is 0.384 e. The molecule has 0 spiro atoms. The highest BCUT2D eigenvalue weighted by Gasteiger charge is 2.21. The Morgan fingerprint density at radius 2 is 2.31 bits per heavy atom. The van der Waals surface area contributed by atoms with Crippen LogP contribution in [0, 0.1) is 0 Å². The number of rotatable bonds is 1. The van der Waals surface area contributed by atoms with E-state index in [0.717, 1.165) is 19.5 Å². The Hall–Kier alpha value is -1.58. The summed E-state index contributed by atoms with van der Waals surface area (Å²) in [5, 5.41) is 0. The maximum absolute atomic E-state index is 11.6. The number of anilines is 1. The number of hydrogen-bond donors (Lipinski definition) is 1. The first kappa shape index (κ1) is 8.04. The first-order chi connectivity index (χ1) is 6.27. The summed E-state index contributed by atoms with van der Waals surface area (Å²) >= 11 is 0. The van der Waals surface area contributed by atoms with E-state index < -0.39 is 0 Å². The van der Waals surface area contributed by atoms with E-state index in [4.69, 9.17) is 5.73 Å². The predicted molar refractivity (Wildman–Crippen MR) is 49.2 cm³/mol. The molecule has 1 amide bonds. The standard InChI is InChI=1S/C9H11N3O/c10-8-6-7(2-3-11-8)9(13)12-4-1-5-12/h2-3,6H,1,4-5H2,(H2,10,11). The van der Waals surface area contributed by atoms with Crippen molar-refractivity contribution in [2.75, 3.05) is 18.8 Å². The molecule has 0 atom stereocenters. The van der Waals surface area contributed by atoms with Crippen molar-refractivity contribution >= 4 is 11.7 Å². The third kappa shape index (κ3) is 1.47. The van der Waals surface area contributed by atoms with Crippen molar-refractivity contribution in [1.29, 1.82) is 0 Å². The van der Waals surface area contributed by atoms with Crippen molar-refractivity contribution in [1.82, 2.24) is 9.88 Å². The summed E-state index contributed by atoms with van der Waals surface area (Å²) in [4.78, 5) is 17.3. The third-order valence-corrected chi connectivity index (χ3v) is 2.17. The molecule has 1 aliphatic heterocycles. The van der Waals surface area contributed by atoms with Crippen LogP contribution in [0.25, 0.3) is 0 Å². The smallest absolute Gasteiger partial charge is 0.254 e. The average Bonchev–Trinajstić information content (AvgIpc) is 2.01. The lowest BCUT2D eigenvalue weighted by molar-refractivity contribution is 0.0652. The number of nitrogens with two attached hydrogens (primary N) is 1. The highest BCUT2D eigenvalue weighted by atomic mass is 16.2. The second-order valence-corrected chi connectivity index (χ2v) is 3.12. The number of amides is 1. The molecule has 2 heterocycles. The van der Waals surface area contributed by atoms with Crippen LogP contribution in [0.1, 0.15) is 16.8 Å². The summed E-state index contributed by atoms with van der Waals surface area (Å²) in [6, 6.07) is 3.30. The molecule has 1 saturated heterocycles. The van der Waals surface area contributed by atoms with Gasteiger partial charge in [-0.2, -0.15) is 0 Å². The fourth-order valence-electron chi connectivity index (χ4n) is 1.28. The second kappa shape index (κ2) is 3.05. The van der Waals surface area contributed by atoms with Crippen LogP contribution in [-0.4, -0.2) is 28.9 Å². The number of pyridine rings is 1. The molecule has 4 heteroatoms. The minimum atomic E-state index is 0.0559. The molecular formula is C9H11N3O. The molecule has 68 valence electrons. The zero-order chi connectivity index (χ0) is 9.26. The monoisotopic (exact) mass is 177 g/mol. The quantitative estimate of drug-likeness (QED) is 0.680. The Morgan fingerprint density at radius 1 is 1.54 bits per heavy atom. The maximum atomic E-state index is 11.6. The molecule has 0 unspecified atom stereocenters. The van der Waals surface area contributed by atoms with E-state index in [9.17, 15) is 4.79 Å². The SMILES string of the molecule is Nc1cc(C(=O)N2CCC2)ccn1. The second-order valence-electron chi connectivity index (χ2n) is 3.12. The van der Waals surface area contributed by atoms with Gasteiger partial charge in [0.15, 0.2) is 0 Å². The third-order valence-electron chi connectivity index (χ3n) is 2.17. The molecular weight excluding hydrogens is 166 g/mol. The van der Waals surface area contributed by atoms with Crippen LogP contribution in [0.3, 0.4) is 0 Å². The molecule has 13 heavy (non-hydrogen) atoms. The molecule has 2 N–H and O–H groups in total. The summed E-state index contributed by atoms with van der Waals surface area (Å²) in [5.74, 6) is 0.451. The number of carbonyl (C=O) groups excluding carboxylic acids is 1. The molecule has 4 nitrogen and oxygen atoms in total. The lowest BCUT2D eigenvalue weighted by Gasteiger charge is -2.30. The predicted octanol–water partition coefficient (Wildman–Crippen LogP) is 0.510. The first-order valence-electron chi connectivity index (χ1n) is 4.28. The van der Waals surface area contributed by atoms with E-state index in [1.165, 1.54) is 0 Å². The van der Waals surface area contributed by atoms with Crippen molar-refractivity contribution in [3.05, 3.63) is 23.9 Å². The highest BCUT2D eigenvalue weighted by Crippen LogP contribution is 2.12. The van der Waals surface area contributed by atoms with E-state index in [0.29, 0.717) is 11.4 Å². The number of carbonyl (C=O) groups is 1. The van der Waals surface area contributed by atoms with Gasteiger partial charge in [0.05, 0.1) is 0 Å². The van der Waals surface area contributed by atoms with Gasteiger partial charge in [-0.15, -0.1) is 0 Å². The van der Waals surface area contributed by atoms with Gasteiger partial charge < -0.3 is 10.6 Å². The molecule has 0 aliphatic carbocycles. The van der Waals surface area contributed by atoms with Gasteiger partial charge in [-0.3, -0.25) is 4.79 Å². The summed E-state index contributed by atoms with van der Waals surface area (Å²) in [6.45, 7) is 1.72. The van der Waals surface area contributed by atoms with Crippen LogP contribution >= 0.6 is 0 Å². The van der Waals surface area contributed by atoms with Gasteiger partial charge >= 0.3 is 0 Å². The molecule has 0 radical (unpaired) electrons. The number of hydrogen-bond acceptors (Lipinski definition) is 3. The van der Waals surface area contributed by atoms with Crippen molar-refractivity contribution in [2.24, 2.45) is 0 Å². The molecule has 1 aliphatic rings. The lowest BCUT2D eigenvalue weighted by Crippen LogP contribution is -2.42. The van der Waals surface area contributed by atoms with E-state index in [-0.39, 0.29) is 5.91 Å². The van der Waals surface area contributed by atoms with E-state index in [1.54, 1.807) is 23.2 Å². The Labute approximate surface area is 76.4 Å². The van der Waals surface area contributed by atoms with Gasteiger partial charge in [0.25, 0.3) is 5.91 Å². The summed E-state index contributed by atoms with van der Waals surface area (Å²) in [6.07, 6.45) is 2.66. The molecule has 1 aromatic heterocycles. The fraction of sp³-hybridized carbons (Fsp3) is 0.333. The van der Waals surface area contributed by atoms with Crippen LogP contribution in [0.5, 0.6) is 0 Å². The van der Waals surface area contributed by atoms with Gasteiger partial charge in [-0.1, -0.05) is 0 Å². The van der Waals surface area contributed by atoms with Crippen molar-refractivity contribution in [2.45, 2.75) is 6.42 Å². The van der Waals surface area contributed by atoms with Gasteiger partial charge in [0.1, 0.15) is 5.82 Å². The Morgan fingerprint density at radius 3 is 2.85 bits per heavy atom. The van der Waals surface area contributed by atoms with E-state index in [1.807, 2.05) is 0 Å². The molecule has 2 rings (SSSR count). The minimum Gasteiger partial charge on any atom is -0.384 e.